The highest BCUT2D eigenvalue weighted by atomic mass is 32.1. The summed E-state index contributed by atoms with van der Waals surface area (Å²) in [5, 5.41) is 11.1. The van der Waals surface area contributed by atoms with E-state index in [-0.39, 0.29) is 12.5 Å². The lowest BCUT2D eigenvalue weighted by molar-refractivity contribution is -0.148. The fourth-order valence-corrected chi connectivity index (χ4v) is 5.85. The highest BCUT2D eigenvalue weighted by Gasteiger charge is 2.52. The number of ether oxygens (including phenoxy) is 2. The molecule has 1 aliphatic heterocycles. The first-order valence-electron chi connectivity index (χ1n) is 13.4. The summed E-state index contributed by atoms with van der Waals surface area (Å²) in [7, 11) is 1.23. The molecule has 0 radical (unpaired) electrons. The zero-order chi connectivity index (χ0) is 27.5. The van der Waals surface area contributed by atoms with Crippen molar-refractivity contribution in [3.63, 3.8) is 0 Å². The number of carbonyl (C=O) groups is 2. The number of aliphatic hydroxyl groups is 1. The number of likely N-dealkylation sites (tertiary alicyclic amines) is 1. The molecule has 0 aliphatic carbocycles. The molecule has 0 bridgehead atoms. The van der Waals surface area contributed by atoms with E-state index in [0.717, 1.165) is 37.0 Å². The highest BCUT2D eigenvalue weighted by Crippen LogP contribution is 2.36. The summed E-state index contributed by atoms with van der Waals surface area (Å²) < 4.78 is 38.0. The van der Waals surface area contributed by atoms with E-state index in [0.29, 0.717) is 30.7 Å². The Morgan fingerprint density at radius 3 is 2.61 bits per heavy atom. The van der Waals surface area contributed by atoms with Crippen molar-refractivity contribution in [1.82, 2.24) is 4.90 Å². The number of nitrogens with zero attached hydrogens (tertiary/aromatic N) is 1. The predicted octanol–water partition coefficient (Wildman–Crippen LogP) is 6.64. The quantitative estimate of drug-likeness (QED) is 0.198. The van der Waals surface area contributed by atoms with Crippen LogP contribution >= 0.6 is 11.3 Å². The normalized spacial score (nSPS) is 18.4. The molecule has 210 valence electrons. The molecule has 1 aromatic carbocycles. The predicted molar refractivity (Wildman–Crippen MR) is 144 cm³/mol. The van der Waals surface area contributed by atoms with Crippen molar-refractivity contribution in [3.05, 3.63) is 52.9 Å². The maximum absolute atomic E-state index is 14.3. The van der Waals surface area contributed by atoms with Crippen LogP contribution in [0.25, 0.3) is 0 Å². The zero-order valence-electron chi connectivity index (χ0n) is 22.2. The monoisotopic (exact) mass is 551 g/mol. The second kappa shape index (κ2) is 14.6. The second-order valence-electron chi connectivity index (χ2n) is 10.1. The Morgan fingerprint density at radius 1 is 1.11 bits per heavy atom. The number of rotatable bonds is 15. The summed E-state index contributed by atoms with van der Waals surface area (Å²) in [6.07, 6.45) is 5.12. The summed E-state index contributed by atoms with van der Waals surface area (Å²) in [5.41, 5.74) is 1.33. The minimum Gasteiger partial charge on any atom is -0.437 e. The number of hydrogen-bond donors (Lipinski definition) is 1. The van der Waals surface area contributed by atoms with Crippen molar-refractivity contribution >= 4 is 23.4 Å². The van der Waals surface area contributed by atoms with E-state index < -0.39 is 36.6 Å². The molecule has 1 aromatic heterocycles. The van der Waals surface area contributed by atoms with Gasteiger partial charge >= 0.3 is 12.1 Å². The summed E-state index contributed by atoms with van der Waals surface area (Å²) >= 11 is 1.28. The number of aliphatic hydroxyl groups excluding tert-OH is 1. The minimum absolute atomic E-state index is 0.0815. The van der Waals surface area contributed by atoms with Crippen LogP contribution in [0.1, 0.15) is 68.7 Å². The van der Waals surface area contributed by atoms with Crippen molar-refractivity contribution in [2.75, 3.05) is 13.7 Å². The molecule has 1 saturated heterocycles. The number of unbranched alkanes of at least 4 members (excludes halogenated alkanes) is 2. The van der Waals surface area contributed by atoms with Crippen LogP contribution in [0.5, 0.6) is 5.06 Å². The third-order valence-corrected chi connectivity index (χ3v) is 8.26. The third-order valence-electron chi connectivity index (χ3n) is 7.24. The van der Waals surface area contributed by atoms with Gasteiger partial charge in [-0.05, 0) is 68.6 Å². The summed E-state index contributed by atoms with van der Waals surface area (Å²) in [4.78, 5) is 25.8. The molecule has 2 aromatic rings. The fourth-order valence-electron chi connectivity index (χ4n) is 4.96. The molecule has 9 heteroatoms. The van der Waals surface area contributed by atoms with Crippen molar-refractivity contribution < 1.29 is 33.0 Å². The standard InChI is InChI=1S/C29H39F2NO5S/c1-21(10-5-3-6-11-22-12-7-4-8-13-22)25(33)17-15-23-20-29(30,31)27(34)32(23)19-9-14-24-16-18-26(38-24)37-28(35)36-2/h4,7-8,12-13,16,18,21,23,25,33H,3,5-6,9-11,14-15,17,19-20H2,1-2H3/t21-,23+,25-/m1/s1. The van der Waals surface area contributed by atoms with Crippen LogP contribution in [-0.2, 0) is 22.4 Å². The van der Waals surface area contributed by atoms with E-state index >= 15 is 0 Å². The van der Waals surface area contributed by atoms with Gasteiger partial charge in [-0.15, -0.1) is 11.3 Å². The van der Waals surface area contributed by atoms with Gasteiger partial charge in [0.2, 0.25) is 0 Å². The lowest BCUT2D eigenvalue weighted by Crippen LogP contribution is -2.37. The molecular formula is C29H39F2NO5S. The molecule has 1 amide bonds. The molecule has 0 unspecified atom stereocenters. The molecule has 1 N–H and O–H groups in total. The topological polar surface area (TPSA) is 76.1 Å². The Morgan fingerprint density at radius 2 is 1.87 bits per heavy atom. The maximum atomic E-state index is 14.3. The Kier molecular flexibility index (Phi) is 11.5. The van der Waals surface area contributed by atoms with E-state index in [1.165, 1.54) is 28.9 Å². The van der Waals surface area contributed by atoms with Gasteiger partial charge in [-0.25, -0.2) is 4.79 Å². The van der Waals surface area contributed by atoms with E-state index in [4.69, 9.17) is 4.74 Å². The van der Waals surface area contributed by atoms with Gasteiger partial charge in [0.1, 0.15) is 0 Å². The highest BCUT2D eigenvalue weighted by molar-refractivity contribution is 7.13. The number of amides is 1. The molecule has 6 nitrogen and oxygen atoms in total. The minimum atomic E-state index is -3.36. The molecule has 3 rings (SSSR count). The molecule has 38 heavy (non-hydrogen) atoms. The van der Waals surface area contributed by atoms with Crippen LogP contribution in [0.3, 0.4) is 0 Å². The van der Waals surface area contributed by atoms with Crippen molar-refractivity contribution in [3.8, 4) is 5.06 Å². The Balaban J connectivity index is 1.39. The lowest BCUT2D eigenvalue weighted by atomic mass is 9.92. The van der Waals surface area contributed by atoms with Crippen LogP contribution in [-0.4, -0.2) is 53.8 Å². The largest absolute Gasteiger partial charge is 0.514 e. The number of alkyl halides is 2. The summed E-state index contributed by atoms with van der Waals surface area (Å²) in [5.74, 6) is -4.40. The van der Waals surface area contributed by atoms with Crippen molar-refractivity contribution in [2.24, 2.45) is 5.92 Å². The van der Waals surface area contributed by atoms with Crippen molar-refractivity contribution in [1.29, 1.82) is 0 Å². The van der Waals surface area contributed by atoms with Gasteiger partial charge in [0.25, 0.3) is 5.91 Å². The van der Waals surface area contributed by atoms with Crippen LogP contribution in [0.4, 0.5) is 13.6 Å². The average molecular weight is 552 g/mol. The number of aryl methyl sites for hydroxylation is 2. The number of hydrogen-bond acceptors (Lipinski definition) is 6. The Labute approximate surface area is 227 Å². The van der Waals surface area contributed by atoms with Gasteiger partial charge in [-0.2, -0.15) is 8.78 Å². The number of methoxy groups -OCH3 is 1. The average Bonchev–Trinajstić information content (AvgIpc) is 3.43. The zero-order valence-corrected chi connectivity index (χ0v) is 23.1. The summed E-state index contributed by atoms with van der Waals surface area (Å²) in [6, 6.07) is 13.3. The summed E-state index contributed by atoms with van der Waals surface area (Å²) in [6.45, 7) is 2.23. The van der Waals surface area contributed by atoms with E-state index in [9.17, 15) is 23.5 Å². The van der Waals surface area contributed by atoms with E-state index in [1.807, 2.05) is 25.1 Å². The lowest BCUT2D eigenvalue weighted by Gasteiger charge is -2.26. The van der Waals surface area contributed by atoms with Gasteiger partial charge in [-0.3, -0.25) is 4.79 Å². The Bertz CT molecular complexity index is 1020. The van der Waals surface area contributed by atoms with Crippen LogP contribution in [0.15, 0.2) is 42.5 Å². The molecule has 3 atom stereocenters. The first kappa shape index (κ1) is 30.0. The number of thiophene rings is 1. The van der Waals surface area contributed by atoms with Crippen LogP contribution < -0.4 is 4.74 Å². The van der Waals surface area contributed by atoms with Gasteiger partial charge < -0.3 is 19.5 Å². The molecule has 1 aliphatic rings. The SMILES string of the molecule is COC(=O)Oc1ccc(CCCN2C(=O)C(F)(F)C[C@@H]2CC[C@@H](O)[C@H](C)CCCCCc2ccccc2)s1. The number of benzene rings is 1. The maximum Gasteiger partial charge on any atom is 0.514 e. The molecule has 0 saturated carbocycles. The third kappa shape index (κ3) is 9.05. The van der Waals surface area contributed by atoms with Gasteiger partial charge in [-0.1, -0.05) is 50.1 Å². The van der Waals surface area contributed by atoms with Gasteiger partial charge in [0.15, 0.2) is 5.06 Å². The molecule has 2 heterocycles. The fraction of sp³-hybridized carbons (Fsp3) is 0.586. The van der Waals surface area contributed by atoms with Crippen LogP contribution in [0.2, 0.25) is 0 Å². The van der Waals surface area contributed by atoms with E-state index in [2.05, 4.69) is 16.9 Å². The number of carbonyl (C=O) groups excluding carboxylic acids is 2. The second-order valence-corrected chi connectivity index (χ2v) is 11.3. The molecule has 0 spiro atoms. The first-order chi connectivity index (χ1) is 18.2. The molecule has 1 fully saturated rings. The van der Waals surface area contributed by atoms with Crippen LogP contribution in [0, 0.1) is 5.92 Å². The first-order valence-corrected chi connectivity index (χ1v) is 14.3. The smallest absolute Gasteiger partial charge is 0.437 e. The van der Waals surface area contributed by atoms with E-state index in [1.54, 1.807) is 12.1 Å². The molecular weight excluding hydrogens is 512 g/mol. The Hall–Kier alpha value is -2.52. The van der Waals surface area contributed by atoms with Gasteiger partial charge in [0, 0.05) is 23.9 Å². The van der Waals surface area contributed by atoms with Crippen molar-refractivity contribution in [2.45, 2.75) is 89.2 Å². The number of halogens is 2. The van der Waals surface area contributed by atoms with Gasteiger partial charge in [0.05, 0.1) is 13.2 Å².